The second kappa shape index (κ2) is 10.8. The summed E-state index contributed by atoms with van der Waals surface area (Å²) >= 11 is 0. The van der Waals surface area contributed by atoms with Crippen LogP contribution < -0.4 is 10.6 Å². The molecule has 0 spiro atoms. The number of hydrogen-bond acceptors (Lipinski definition) is 4. The van der Waals surface area contributed by atoms with Crippen molar-refractivity contribution in [3.8, 4) is 0 Å². The molecule has 0 unspecified atom stereocenters. The van der Waals surface area contributed by atoms with Gasteiger partial charge in [-0.15, -0.1) is 0 Å². The minimum atomic E-state index is 0.177. The third-order valence-electron chi connectivity index (χ3n) is 5.75. The van der Waals surface area contributed by atoms with Crippen LogP contribution in [0.15, 0.2) is 30.3 Å². The van der Waals surface area contributed by atoms with Gasteiger partial charge in [0, 0.05) is 44.7 Å². The molecule has 3 rings (SSSR count). The maximum atomic E-state index is 12.2. The number of amides is 1. The number of likely N-dealkylation sites (tertiary alicyclic amines) is 1. The van der Waals surface area contributed by atoms with Gasteiger partial charge in [-0.1, -0.05) is 30.3 Å². The number of rotatable bonds is 8. The Hall–Kier alpha value is -1.43. The molecule has 2 heterocycles. The van der Waals surface area contributed by atoms with Crippen LogP contribution in [0.25, 0.3) is 0 Å². The van der Waals surface area contributed by atoms with Gasteiger partial charge in [0.05, 0.1) is 6.10 Å². The van der Waals surface area contributed by atoms with Crippen molar-refractivity contribution in [2.45, 2.75) is 57.7 Å². The predicted octanol–water partition coefficient (Wildman–Crippen LogP) is 2.56. The number of nitrogens with zero attached hydrogens (tertiary/aromatic N) is 1. The van der Waals surface area contributed by atoms with E-state index in [1.54, 1.807) is 0 Å². The van der Waals surface area contributed by atoms with Crippen LogP contribution >= 0.6 is 0 Å². The van der Waals surface area contributed by atoms with Crippen LogP contribution in [0.5, 0.6) is 0 Å². The lowest BCUT2D eigenvalue weighted by atomic mass is 9.92. The zero-order valence-corrected chi connectivity index (χ0v) is 16.7. The van der Waals surface area contributed by atoms with Gasteiger partial charge in [-0.3, -0.25) is 9.69 Å². The molecule has 5 nitrogen and oxygen atoms in total. The highest BCUT2D eigenvalue weighted by Crippen LogP contribution is 2.17. The number of carbonyl (C=O) groups excluding carboxylic acids is 1. The van der Waals surface area contributed by atoms with Gasteiger partial charge in [-0.05, 0) is 51.1 Å². The topological polar surface area (TPSA) is 53.6 Å². The van der Waals surface area contributed by atoms with E-state index in [9.17, 15) is 4.79 Å². The Kier molecular flexibility index (Phi) is 8.11. The number of carbonyl (C=O) groups is 1. The van der Waals surface area contributed by atoms with Crippen molar-refractivity contribution in [2.24, 2.45) is 5.92 Å². The van der Waals surface area contributed by atoms with Crippen molar-refractivity contribution in [3.05, 3.63) is 35.9 Å². The van der Waals surface area contributed by atoms with Crippen molar-refractivity contribution in [1.82, 2.24) is 15.5 Å². The highest BCUT2D eigenvalue weighted by atomic mass is 16.5. The molecule has 2 saturated heterocycles. The molecule has 0 aromatic heterocycles. The van der Waals surface area contributed by atoms with Gasteiger partial charge in [0.15, 0.2) is 0 Å². The summed E-state index contributed by atoms with van der Waals surface area (Å²) < 4.78 is 6.04. The Bertz CT molecular complexity index is 558. The van der Waals surface area contributed by atoms with E-state index in [-0.39, 0.29) is 11.8 Å². The summed E-state index contributed by atoms with van der Waals surface area (Å²) in [7, 11) is 0. The molecular weight excluding hydrogens is 338 g/mol. The third kappa shape index (κ3) is 6.91. The molecule has 1 aromatic rings. The fourth-order valence-electron chi connectivity index (χ4n) is 4.12. The summed E-state index contributed by atoms with van der Waals surface area (Å²) in [6.07, 6.45) is 5.38. The van der Waals surface area contributed by atoms with Gasteiger partial charge in [-0.2, -0.15) is 0 Å². The van der Waals surface area contributed by atoms with Gasteiger partial charge in [0.25, 0.3) is 0 Å². The van der Waals surface area contributed by atoms with Gasteiger partial charge in [0.2, 0.25) is 5.91 Å². The smallest absolute Gasteiger partial charge is 0.223 e. The van der Waals surface area contributed by atoms with Gasteiger partial charge >= 0.3 is 0 Å². The van der Waals surface area contributed by atoms with E-state index in [1.165, 1.54) is 5.56 Å². The molecule has 150 valence electrons. The van der Waals surface area contributed by atoms with Crippen molar-refractivity contribution in [3.63, 3.8) is 0 Å². The number of ether oxygens (including phenoxy) is 1. The molecule has 2 fully saturated rings. The van der Waals surface area contributed by atoms with Crippen LogP contribution in [0, 0.1) is 5.92 Å². The Morgan fingerprint density at radius 3 is 2.74 bits per heavy atom. The average molecular weight is 374 g/mol. The summed E-state index contributed by atoms with van der Waals surface area (Å²) in [6, 6.07) is 11.1. The predicted molar refractivity (Wildman–Crippen MR) is 109 cm³/mol. The molecular formula is C22H35N3O2. The summed E-state index contributed by atoms with van der Waals surface area (Å²) in [4.78, 5) is 14.7. The molecule has 1 aromatic carbocycles. The summed E-state index contributed by atoms with van der Waals surface area (Å²) in [5.41, 5.74) is 1.38. The van der Waals surface area contributed by atoms with Crippen LogP contribution in [0.1, 0.15) is 44.6 Å². The maximum Gasteiger partial charge on any atom is 0.223 e. The van der Waals surface area contributed by atoms with E-state index in [1.807, 2.05) is 0 Å². The zero-order chi connectivity index (χ0) is 18.9. The normalized spacial score (nSPS) is 24.6. The molecule has 2 aliphatic heterocycles. The van der Waals surface area contributed by atoms with Gasteiger partial charge in [-0.25, -0.2) is 0 Å². The molecule has 0 aliphatic carbocycles. The lowest BCUT2D eigenvalue weighted by molar-refractivity contribution is -0.126. The standard InChI is InChI=1S/C22H35N3O2/c1-18-16-20(8-12-23-18)22(26)24-11-5-15-27-21-9-13-25(14-10-21)17-19-6-3-2-4-7-19/h2-4,6-7,18,20-21,23H,5,8-17H2,1H3,(H,24,26)/t18-,20-/m0/s1. The van der Waals surface area contributed by atoms with Gasteiger partial charge in [0.1, 0.15) is 0 Å². The molecule has 0 bridgehead atoms. The first-order chi connectivity index (χ1) is 13.2. The van der Waals surface area contributed by atoms with Crippen molar-refractivity contribution in [1.29, 1.82) is 0 Å². The van der Waals surface area contributed by atoms with Crippen molar-refractivity contribution < 1.29 is 9.53 Å². The molecule has 2 N–H and O–H groups in total. The van der Waals surface area contributed by atoms with Crippen LogP contribution in [-0.4, -0.2) is 55.7 Å². The molecule has 0 saturated carbocycles. The summed E-state index contributed by atoms with van der Waals surface area (Å²) in [5, 5.41) is 6.48. The molecule has 1 amide bonds. The second-order valence-corrected chi connectivity index (χ2v) is 8.05. The van der Waals surface area contributed by atoms with Crippen molar-refractivity contribution >= 4 is 5.91 Å². The maximum absolute atomic E-state index is 12.2. The summed E-state index contributed by atoms with van der Waals surface area (Å²) in [6.45, 7) is 7.81. The Morgan fingerprint density at radius 1 is 1.22 bits per heavy atom. The first-order valence-electron chi connectivity index (χ1n) is 10.6. The van der Waals surface area contributed by atoms with E-state index in [0.29, 0.717) is 12.1 Å². The molecule has 27 heavy (non-hydrogen) atoms. The second-order valence-electron chi connectivity index (χ2n) is 8.05. The average Bonchev–Trinajstić information content (AvgIpc) is 2.69. The number of piperidine rings is 2. The first-order valence-corrected chi connectivity index (χ1v) is 10.6. The SMILES string of the molecule is C[C@H]1C[C@@H](C(=O)NCCCOC2CCN(Cc3ccccc3)CC2)CCN1. The van der Waals surface area contributed by atoms with Crippen LogP contribution in [-0.2, 0) is 16.1 Å². The van der Waals surface area contributed by atoms with Crippen LogP contribution in [0.4, 0.5) is 0 Å². The van der Waals surface area contributed by atoms with Gasteiger partial charge < -0.3 is 15.4 Å². The highest BCUT2D eigenvalue weighted by Gasteiger charge is 2.24. The number of nitrogens with one attached hydrogen (secondary N) is 2. The monoisotopic (exact) mass is 373 g/mol. The molecule has 0 radical (unpaired) electrons. The van der Waals surface area contributed by atoms with E-state index in [2.05, 4.69) is 52.8 Å². The number of benzene rings is 1. The van der Waals surface area contributed by atoms with Crippen LogP contribution in [0.2, 0.25) is 0 Å². The molecule has 2 aliphatic rings. The lowest BCUT2D eigenvalue weighted by Gasteiger charge is -2.32. The number of hydrogen-bond donors (Lipinski definition) is 2. The molecule has 5 heteroatoms. The fraction of sp³-hybridized carbons (Fsp3) is 0.682. The minimum absolute atomic E-state index is 0.177. The fourth-order valence-corrected chi connectivity index (χ4v) is 4.12. The minimum Gasteiger partial charge on any atom is -0.378 e. The van der Waals surface area contributed by atoms with E-state index >= 15 is 0 Å². The van der Waals surface area contributed by atoms with Crippen LogP contribution in [0.3, 0.4) is 0 Å². The first kappa shape index (κ1) is 20.3. The Labute approximate surface area is 163 Å². The summed E-state index contributed by atoms with van der Waals surface area (Å²) in [5.74, 6) is 0.397. The third-order valence-corrected chi connectivity index (χ3v) is 5.75. The largest absolute Gasteiger partial charge is 0.378 e. The molecule has 2 atom stereocenters. The zero-order valence-electron chi connectivity index (χ0n) is 16.7. The Balaban J connectivity index is 1.23. The van der Waals surface area contributed by atoms with E-state index in [0.717, 1.165) is 71.4 Å². The van der Waals surface area contributed by atoms with Crippen molar-refractivity contribution in [2.75, 3.05) is 32.8 Å². The quantitative estimate of drug-likeness (QED) is 0.688. The van der Waals surface area contributed by atoms with E-state index < -0.39 is 0 Å². The highest BCUT2D eigenvalue weighted by molar-refractivity contribution is 5.78. The lowest BCUT2D eigenvalue weighted by Crippen LogP contribution is -2.42. The van der Waals surface area contributed by atoms with E-state index in [4.69, 9.17) is 4.74 Å². The Morgan fingerprint density at radius 2 is 2.00 bits per heavy atom.